The number of benzene rings is 3. The van der Waals surface area contributed by atoms with Gasteiger partial charge in [0, 0.05) is 5.69 Å². The van der Waals surface area contributed by atoms with Crippen molar-refractivity contribution in [1.29, 1.82) is 5.26 Å². The molecule has 170 valence electrons. The minimum atomic E-state index is -4.11. The number of carbonyl (C=O) groups is 1. The Morgan fingerprint density at radius 2 is 1.64 bits per heavy atom. The Balaban J connectivity index is 1.93. The van der Waals surface area contributed by atoms with Gasteiger partial charge in [-0.3, -0.25) is 9.10 Å². The van der Waals surface area contributed by atoms with E-state index >= 15 is 0 Å². The van der Waals surface area contributed by atoms with Crippen LogP contribution >= 0.6 is 0 Å². The van der Waals surface area contributed by atoms with E-state index in [1.165, 1.54) is 38.5 Å². The molecular weight excluding hydrogens is 442 g/mol. The van der Waals surface area contributed by atoms with Gasteiger partial charge in [-0.1, -0.05) is 24.3 Å². The van der Waals surface area contributed by atoms with Gasteiger partial charge in [0.2, 0.25) is 5.91 Å². The van der Waals surface area contributed by atoms with Crippen molar-refractivity contribution in [2.45, 2.75) is 11.3 Å². The first-order valence-electron chi connectivity index (χ1n) is 9.94. The van der Waals surface area contributed by atoms with Gasteiger partial charge in [-0.05, 0) is 54.1 Å². The van der Waals surface area contributed by atoms with Gasteiger partial charge >= 0.3 is 0 Å². The first kappa shape index (κ1) is 23.6. The minimum absolute atomic E-state index is 0.00265. The molecule has 33 heavy (non-hydrogen) atoms. The van der Waals surface area contributed by atoms with Crippen LogP contribution in [0.3, 0.4) is 0 Å². The van der Waals surface area contributed by atoms with E-state index in [9.17, 15) is 13.2 Å². The molecule has 0 saturated carbocycles. The summed E-state index contributed by atoms with van der Waals surface area (Å²) in [7, 11) is -1.19. The van der Waals surface area contributed by atoms with Gasteiger partial charge in [0.1, 0.15) is 18.0 Å². The Bertz CT molecular complexity index is 1250. The Morgan fingerprint density at radius 1 is 0.970 bits per heavy atom. The van der Waals surface area contributed by atoms with E-state index in [0.29, 0.717) is 17.2 Å². The number of methoxy groups -OCH3 is 2. The molecule has 3 aromatic rings. The molecule has 1 N–H and O–H groups in total. The second-order valence-corrected chi connectivity index (χ2v) is 8.80. The van der Waals surface area contributed by atoms with Crippen molar-refractivity contribution in [3.8, 4) is 17.6 Å². The molecule has 0 aliphatic heterocycles. The average Bonchev–Trinajstić information content (AvgIpc) is 2.84. The topological polar surface area (TPSA) is 109 Å². The maximum Gasteiger partial charge on any atom is 0.264 e. The number of hydrogen-bond acceptors (Lipinski definition) is 6. The zero-order valence-corrected chi connectivity index (χ0v) is 19.0. The summed E-state index contributed by atoms with van der Waals surface area (Å²) < 4.78 is 38.5. The van der Waals surface area contributed by atoms with Crippen molar-refractivity contribution in [2.75, 3.05) is 30.4 Å². The Morgan fingerprint density at radius 3 is 2.24 bits per heavy atom. The van der Waals surface area contributed by atoms with E-state index in [4.69, 9.17) is 14.7 Å². The lowest BCUT2D eigenvalue weighted by Gasteiger charge is -2.25. The lowest BCUT2D eigenvalue weighted by atomic mass is 10.1. The molecule has 0 aromatic heterocycles. The first-order chi connectivity index (χ1) is 15.9. The van der Waals surface area contributed by atoms with Gasteiger partial charge < -0.3 is 14.8 Å². The average molecular weight is 466 g/mol. The third kappa shape index (κ3) is 5.61. The van der Waals surface area contributed by atoms with Crippen molar-refractivity contribution in [1.82, 2.24) is 0 Å². The number of amides is 1. The van der Waals surface area contributed by atoms with Crippen molar-refractivity contribution >= 4 is 27.3 Å². The predicted octanol–water partition coefficient (Wildman–Crippen LogP) is 3.60. The second-order valence-electron chi connectivity index (χ2n) is 6.94. The fraction of sp³-hybridized carbons (Fsp3) is 0.167. The van der Waals surface area contributed by atoms with Crippen LogP contribution in [0, 0.1) is 11.3 Å². The van der Waals surface area contributed by atoms with Crippen molar-refractivity contribution in [2.24, 2.45) is 0 Å². The van der Waals surface area contributed by atoms with E-state index < -0.39 is 22.5 Å². The lowest BCUT2D eigenvalue weighted by Crippen LogP contribution is -2.38. The third-order valence-corrected chi connectivity index (χ3v) is 6.58. The number of sulfonamides is 1. The molecule has 0 radical (unpaired) electrons. The van der Waals surface area contributed by atoms with Crippen LogP contribution < -0.4 is 19.1 Å². The monoisotopic (exact) mass is 465 g/mol. The Labute approximate surface area is 193 Å². The molecule has 3 aromatic carbocycles. The van der Waals surface area contributed by atoms with E-state index in [2.05, 4.69) is 11.4 Å². The molecule has 0 unspecified atom stereocenters. The predicted molar refractivity (Wildman–Crippen MR) is 125 cm³/mol. The highest BCUT2D eigenvalue weighted by atomic mass is 32.2. The van der Waals surface area contributed by atoms with E-state index in [-0.39, 0.29) is 17.0 Å². The molecular formula is C24H23N3O5S. The van der Waals surface area contributed by atoms with Crippen molar-refractivity contribution in [3.63, 3.8) is 0 Å². The summed E-state index contributed by atoms with van der Waals surface area (Å²) >= 11 is 0. The number of rotatable bonds is 9. The SMILES string of the molecule is COc1ccc(S(=O)(=O)N(CC(=O)Nc2ccc(CC#N)cc2)c2ccccc2OC)cc1. The number of anilines is 2. The summed E-state index contributed by atoms with van der Waals surface area (Å²) in [5.74, 6) is 0.282. The largest absolute Gasteiger partial charge is 0.497 e. The third-order valence-electron chi connectivity index (χ3n) is 4.81. The Kier molecular flexibility index (Phi) is 7.53. The van der Waals surface area contributed by atoms with Gasteiger partial charge in [0.05, 0.1) is 37.3 Å². The quantitative estimate of drug-likeness (QED) is 0.517. The smallest absolute Gasteiger partial charge is 0.264 e. The highest BCUT2D eigenvalue weighted by Crippen LogP contribution is 2.32. The molecule has 1 amide bonds. The van der Waals surface area contributed by atoms with Gasteiger partial charge in [0.15, 0.2) is 0 Å². The van der Waals surface area contributed by atoms with Gasteiger partial charge in [-0.15, -0.1) is 0 Å². The number of carbonyl (C=O) groups excluding carboxylic acids is 1. The fourth-order valence-corrected chi connectivity index (χ4v) is 4.57. The maximum atomic E-state index is 13.5. The molecule has 0 saturated heterocycles. The van der Waals surface area contributed by atoms with Crippen molar-refractivity contribution in [3.05, 3.63) is 78.4 Å². The zero-order chi connectivity index (χ0) is 23.8. The van der Waals surface area contributed by atoms with Crippen LogP contribution in [0.2, 0.25) is 0 Å². The molecule has 0 heterocycles. The van der Waals surface area contributed by atoms with E-state index in [1.54, 1.807) is 48.5 Å². The van der Waals surface area contributed by atoms with Crippen LogP contribution in [0.1, 0.15) is 5.56 Å². The zero-order valence-electron chi connectivity index (χ0n) is 18.2. The summed E-state index contributed by atoms with van der Waals surface area (Å²) in [5.41, 5.74) is 1.53. The van der Waals surface area contributed by atoms with Crippen molar-refractivity contribution < 1.29 is 22.7 Å². The number of nitrogens with zero attached hydrogens (tertiary/aromatic N) is 2. The Hall–Kier alpha value is -4.03. The number of nitrogens with one attached hydrogen (secondary N) is 1. The second kappa shape index (κ2) is 10.5. The summed E-state index contributed by atoms with van der Waals surface area (Å²) in [6.45, 7) is -0.477. The van der Waals surface area contributed by atoms with Gasteiger partial charge in [-0.25, -0.2) is 8.42 Å². The normalized spacial score (nSPS) is 10.7. The van der Waals surface area contributed by atoms with Crippen LogP contribution in [-0.4, -0.2) is 35.1 Å². The van der Waals surface area contributed by atoms with Crippen LogP contribution in [0.4, 0.5) is 11.4 Å². The molecule has 3 rings (SSSR count). The standard InChI is InChI=1S/C24H23N3O5S/c1-31-20-11-13-21(14-12-20)33(29,30)27(22-5-3-4-6-23(22)32-2)17-24(28)26-19-9-7-18(8-10-19)15-16-25/h3-14H,15,17H2,1-2H3,(H,26,28). The molecule has 0 fully saturated rings. The summed E-state index contributed by atoms with van der Waals surface area (Å²) in [4.78, 5) is 12.9. The summed E-state index contributed by atoms with van der Waals surface area (Å²) in [5, 5.41) is 11.5. The summed E-state index contributed by atoms with van der Waals surface area (Å²) in [6.07, 6.45) is 0.260. The number of para-hydroxylation sites is 2. The van der Waals surface area contributed by atoms with Crippen LogP contribution in [0.15, 0.2) is 77.7 Å². The summed E-state index contributed by atoms with van der Waals surface area (Å²) in [6, 6.07) is 21.3. The lowest BCUT2D eigenvalue weighted by molar-refractivity contribution is -0.114. The molecule has 0 bridgehead atoms. The molecule has 8 nitrogen and oxygen atoms in total. The van der Waals surface area contributed by atoms with Gasteiger partial charge in [0.25, 0.3) is 10.0 Å². The van der Waals surface area contributed by atoms with Gasteiger partial charge in [-0.2, -0.15) is 5.26 Å². The first-order valence-corrected chi connectivity index (χ1v) is 11.4. The highest BCUT2D eigenvalue weighted by molar-refractivity contribution is 7.92. The number of nitriles is 1. The van der Waals surface area contributed by atoms with E-state index in [0.717, 1.165) is 9.87 Å². The fourth-order valence-electron chi connectivity index (χ4n) is 3.14. The number of hydrogen-bond donors (Lipinski definition) is 1. The molecule has 0 spiro atoms. The number of ether oxygens (including phenoxy) is 2. The van der Waals surface area contributed by atoms with Crippen LogP contribution in [0.5, 0.6) is 11.5 Å². The van der Waals surface area contributed by atoms with Crippen LogP contribution in [-0.2, 0) is 21.2 Å². The minimum Gasteiger partial charge on any atom is -0.497 e. The molecule has 9 heteroatoms. The van der Waals surface area contributed by atoms with E-state index in [1.807, 2.05) is 0 Å². The highest BCUT2D eigenvalue weighted by Gasteiger charge is 2.29. The van der Waals surface area contributed by atoms with Crippen LogP contribution in [0.25, 0.3) is 0 Å². The molecule has 0 aliphatic carbocycles. The maximum absolute atomic E-state index is 13.5. The molecule has 0 atom stereocenters. The molecule has 0 aliphatic rings.